The van der Waals surface area contributed by atoms with Gasteiger partial charge in [-0.3, -0.25) is 9.58 Å². The number of hydrogen-bond acceptors (Lipinski definition) is 8. The normalized spacial score (nSPS) is 21.5. The van der Waals surface area contributed by atoms with Crippen LogP contribution < -0.4 is 10.2 Å². The van der Waals surface area contributed by atoms with Gasteiger partial charge in [-0.2, -0.15) is 5.10 Å². The SMILES string of the molecule is CC1(Cn2ncc(Nc3ncc4cc(Cl)c(N5CCN(C6(C)COC6)CC5)cc4n3)c2Cl)COC1. The molecule has 3 fully saturated rings. The molecular formula is C24H29Cl2N7O2. The van der Waals surface area contributed by atoms with Gasteiger partial charge in [-0.1, -0.05) is 30.1 Å². The second-order valence-electron chi connectivity index (χ2n) is 10.5. The van der Waals surface area contributed by atoms with Gasteiger partial charge >= 0.3 is 0 Å². The monoisotopic (exact) mass is 517 g/mol. The Morgan fingerprint density at radius 1 is 1.00 bits per heavy atom. The van der Waals surface area contributed by atoms with E-state index >= 15 is 0 Å². The molecule has 0 unspecified atom stereocenters. The summed E-state index contributed by atoms with van der Waals surface area (Å²) in [4.78, 5) is 14.1. The number of nitrogens with one attached hydrogen (secondary N) is 1. The molecule has 2 aromatic heterocycles. The number of nitrogens with zero attached hydrogens (tertiary/aromatic N) is 6. The molecule has 0 atom stereocenters. The van der Waals surface area contributed by atoms with Crippen LogP contribution >= 0.6 is 23.2 Å². The van der Waals surface area contributed by atoms with Gasteiger partial charge < -0.3 is 19.7 Å². The number of anilines is 3. The van der Waals surface area contributed by atoms with E-state index in [1.54, 1.807) is 17.1 Å². The molecule has 1 aromatic carbocycles. The number of fused-ring (bicyclic) bond motifs is 1. The summed E-state index contributed by atoms with van der Waals surface area (Å²) >= 11 is 13.3. The van der Waals surface area contributed by atoms with Crippen molar-refractivity contribution in [1.82, 2.24) is 24.6 Å². The van der Waals surface area contributed by atoms with Gasteiger partial charge in [-0.25, -0.2) is 9.97 Å². The van der Waals surface area contributed by atoms with E-state index in [4.69, 9.17) is 37.7 Å². The highest BCUT2D eigenvalue weighted by atomic mass is 35.5. The Kier molecular flexibility index (Phi) is 5.80. The van der Waals surface area contributed by atoms with Crippen LogP contribution in [0.25, 0.3) is 10.9 Å². The highest BCUT2D eigenvalue weighted by molar-refractivity contribution is 6.34. The zero-order valence-corrected chi connectivity index (χ0v) is 21.4. The van der Waals surface area contributed by atoms with Crippen molar-refractivity contribution in [3.05, 3.63) is 34.7 Å². The van der Waals surface area contributed by atoms with Gasteiger partial charge in [0.15, 0.2) is 5.15 Å². The molecule has 0 saturated carbocycles. The maximum atomic E-state index is 6.68. The molecular weight excluding hydrogens is 489 g/mol. The van der Waals surface area contributed by atoms with Gasteiger partial charge in [0.05, 0.1) is 66.6 Å². The van der Waals surface area contributed by atoms with Crippen LogP contribution in [0.2, 0.25) is 10.2 Å². The third-order valence-electron chi connectivity index (χ3n) is 7.31. The Morgan fingerprint density at radius 3 is 2.40 bits per heavy atom. The second kappa shape index (κ2) is 8.74. The minimum atomic E-state index is 0.0664. The first kappa shape index (κ1) is 23.2. The maximum absolute atomic E-state index is 6.68. The van der Waals surface area contributed by atoms with Crippen molar-refractivity contribution >= 4 is 51.4 Å². The van der Waals surface area contributed by atoms with E-state index in [-0.39, 0.29) is 11.0 Å². The van der Waals surface area contributed by atoms with Crippen molar-refractivity contribution in [2.75, 3.05) is 62.8 Å². The fourth-order valence-electron chi connectivity index (χ4n) is 5.00. The minimum Gasteiger partial charge on any atom is -0.380 e. The quantitative estimate of drug-likeness (QED) is 0.528. The number of hydrogen-bond donors (Lipinski definition) is 1. The standard InChI is InChI=1S/C24H29Cl2N7O2/c1-23(12-34-13-23)11-33-21(26)19(10-28-33)30-22-27-9-16-7-17(25)20(8-18(16)29-22)31-3-5-32(6-4-31)24(2)14-35-15-24/h7-10H,3-6,11-15H2,1-2H3,(H,27,29,30). The lowest BCUT2D eigenvalue weighted by atomic mass is 9.89. The van der Waals surface area contributed by atoms with E-state index in [9.17, 15) is 0 Å². The van der Waals surface area contributed by atoms with Crippen molar-refractivity contribution in [2.24, 2.45) is 5.41 Å². The molecule has 5 heterocycles. The van der Waals surface area contributed by atoms with Crippen LogP contribution in [-0.4, -0.2) is 82.8 Å². The minimum absolute atomic E-state index is 0.0664. The number of rotatable bonds is 6. The molecule has 6 rings (SSSR count). The van der Waals surface area contributed by atoms with E-state index in [0.29, 0.717) is 41.6 Å². The number of halogens is 2. The lowest BCUT2D eigenvalue weighted by Gasteiger charge is -2.50. The Morgan fingerprint density at radius 2 is 1.74 bits per heavy atom. The summed E-state index contributed by atoms with van der Waals surface area (Å²) in [5.41, 5.74) is 2.74. The Hall–Kier alpha value is -2.17. The van der Waals surface area contributed by atoms with E-state index in [2.05, 4.69) is 45.1 Å². The molecule has 0 radical (unpaired) electrons. The summed E-state index contributed by atoms with van der Waals surface area (Å²) in [7, 11) is 0. The fourth-order valence-corrected chi connectivity index (χ4v) is 5.49. The predicted octanol–water partition coefficient (Wildman–Crippen LogP) is 3.82. The molecule has 3 aliphatic heterocycles. The largest absolute Gasteiger partial charge is 0.380 e. The van der Waals surface area contributed by atoms with Crippen molar-refractivity contribution in [3.8, 4) is 0 Å². The second-order valence-corrected chi connectivity index (χ2v) is 11.2. The van der Waals surface area contributed by atoms with Gasteiger partial charge in [0.1, 0.15) is 0 Å². The highest BCUT2D eigenvalue weighted by Crippen LogP contribution is 2.34. The zero-order valence-electron chi connectivity index (χ0n) is 19.9. The molecule has 0 aliphatic carbocycles. The molecule has 35 heavy (non-hydrogen) atoms. The van der Waals surface area contributed by atoms with E-state index in [1.807, 2.05) is 6.07 Å². The average Bonchev–Trinajstić information content (AvgIpc) is 3.15. The van der Waals surface area contributed by atoms with Crippen LogP contribution in [-0.2, 0) is 16.0 Å². The smallest absolute Gasteiger partial charge is 0.227 e. The van der Waals surface area contributed by atoms with Crippen LogP contribution in [0.15, 0.2) is 24.5 Å². The molecule has 3 aliphatic rings. The summed E-state index contributed by atoms with van der Waals surface area (Å²) in [6, 6.07) is 3.99. The van der Waals surface area contributed by atoms with Crippen LogP contribution in [0.5, 0.6) is 0 Å². The third-order valence-corrected chi connectivity index (χ3v) is 8.01. The first-order valence-corrected chi connectivity index (χ1v) is 12.7. The maximum Gasteiger partial charge on any atom is 0.227 e. The van der Waals surface area contributed by atoms with E-state index < -0.39 is 0 Å². The lowest BCUT2D eigenvalue weighted by molar-refractivity contribution is -0.131. The van der Waals surface area contributed by atoms with Crippen LogP contribution in [0, 0.1) is 5.41 Å². The predicted molar refractivity (Wildman–Crippen MR) is 137 cm³/mol. The molecule has 0 spiro atoms. The molecule has 3 aromatic rings. The number of benzene rings is 1. The van der Waals surface area contributed by atoms with Gasteiger partial charge in [0, 0.05) is 43.2 Å². The molecule has 1 N–H and O–H groups in total. The lowest BCUT2D eigenvalue weighted by Crippen LogP contribution is -2.64. The molecule has 11 heteroatoms. The summed E-state index contributed by atoms with van der Waals surface area (Å²) in [6.07, 6.45) is 3.49. The van der Waals surface area contributed by atoms with Crippen LogP contribution in [0.4, 0.5) is 17.3 Å². The first-order valence-electron chi connectivity index (χ1n) is 11.9. The van der Waals surface area contributed by atoms with E-state index in [0.717, 1.165) is 56.0 Å². The van der Waals surface area contributed by atoms with Gasteiger partial charge in [0.25, 0.3) is 0 Å². The summed E-state index contributed by atoms with van der Waals surface area (Å²) in [5, 5.41) is 9.79. The van der Waals surface area contributed by atoms with Crippen molar-refractivity contribution in [2.45, 2.75) is 25.9 Å². The molecule has 0 amide bonds. The molecule has 0 bridgehead atoms. The van der Waals surface area contributed by atoms with Gasteiger partial charge in [-0.05, 0) is 19.1 Å². The number of aromatic nitrogens is 4. The average molecular weight is 518 g/mol. The summed E-state index contributed by atoms with van der Waals surface area (Å²) < 4.78 is 12.6. The van der Waals surface area contributed by atoms with Crippen LogP contribution in [0.3, 0.4) is 0 Å². The third kappa shape index (κ3) is 4.34. The van der Waals surface area contributed by atoms with E-state index in [1.165, 1.54) is 0 Å². The number of piperazine rings is 1. The first-order chi connectivity index (χ1) is 16.8. The highest BCUT2D eigenvalue weighted by Gasteiger charge is 2.40. The summed E-state index contributed by atoms with van der Waals surface area (Å²) in [5.74, 6) is 0.466. The zero-order chi connectivity index (χ0) is 24.2. The molecule has 9 nitrogen and oxygen atoms in total. The van der Waals surface area contributed by atoms with Crippen molar-refractivity contribution in [1.29, 1.82) is 0 Å². The van der Waals surface area contributed by atoms with Gasteiger partial charge in [-0.15, -0.1) is 0 Å². The topological polar surface area (TPSA) is 80.6 Å². The molecule has 186 valence electrons. The van der Waals surface area contributed by atoms with Crippen molar-refractivity contribution in [3.63, 3.8) is 0 Å². The van der Waals surface area contributed by atoms with Crippen molar-refractivity contribution < 1.29 is 9.47 Å². The Labute approximate surface area is 214 Å². The van der Waals surface area contributed by atoms with Gasteiger partial charge in [0.2, 0.25) is 5.95 Å². The molecule has 3 saturated heterocycles. The Bertz CT molecular complexity index is 1250. The number of ether oxygens (including phenoxy) is 2. The summed E-state index contributed by atoms with van der Waals surface area (Å²) in [6.45, 7) is 12.0. The fraction of sp³-hybridized carbons (Fsp3) is 0.542. The Balaban J connectivity index is 1.19. The van der Waals surface area contributed by atoms with Crippen LogP contribution in [0.1, 0.15) is 13.8 Å².